The molecule has 1 aliphatic rings. The van der Waals surface area contributed by atoms with Crippen molar-refractivity contribution in [2.45, 2.75) is 47.0 Å². The van der Waals surface area contributed by atoms with Gasteiger partial charge in [0.1, 0.15) is 0 Å². The van der Waals surface area contributed by atoms with Crippen LogP contribution in [-0.2, 0) is 4.79 Å². The summed E-state index contributed by atoms with van der Waals surface area (Å²) in [5, 5.41) is 0. The maximum Gasteiger partial charge on any atom is 0.235 e. The number of nitrogens with zero attached hydrogens (tertiary/aromatic N) is 1. The Bertz CT molecular complexity index is 317. The lowest BCUT2D eigenvalue weighted by molar-refractivity contribution is -0.139. The van der Waals surface area contributed by atoms with E-state index in [2.05, 4.69) is 13.8 Å². The molecule has 3 nitrogen and oxygen atoms in total. The van der Waals surface area contributed by atoms with Crippen molar-refractivity contribution in [2.24, 2.45) is 16.6 Å². The summed E-state index contributed by atoms with van der Waals surface area (Å²) in [7, 11) is 0. The zero-order chi connectivity index (χ0) is 13.3. The fraction of sp³-hybridized carbons (Fsp3) is 0.846. The number of hydrogen-bond donors (Lipinski definition) is 1. The highest BCUT2D eigenvalue weighted by Gasteiger charge is 2.38. The third-order valence-corrected chi connectivity index (χ3v) is 4.77. The molecule has 1 saturated heterocycles. The summed E-state index contributed by atoms with van der Waals surface area (Å²) in [5.41, 5.74) is 5.32. The number of rotatable bonds is 3. The molecule has 0 aliphatic carbocycles. The summed E-state index contributed by atoms with van der Waals surface area (Å²) in [6, 6.07) is 0. The monoisotopic (exact) mass is 256 g/mol. The van der Waals surface area contributed by atoms with Gasteiger partial charge >= 0.3 is 0 Å². The summed E-state index contributed by atoms with van der Waals surface area (Å²) in [6.07, 6.45) is 3.32. The zero-order valence-corrected chi connectivity index (χ0v) is 12.2. The van der Waals surface area contributed by atoms with Crippen LogP contribution in [0.15, 0.2) is 0 Å². The number of nitrogens with two attached hydrogens (primary N) is 1. The van der Waals surface area contributed by atoms with Crippen LogP contribution in [0.5, 0.6) is 0 Å². The van der Waals surface area contributed by atoms with Gasteiger partial charge in [-0.1, -0.05) is 32.5 Å². The van der Waals surface area contributed by atoms with Crippen molar-refractivity contribution < 1.29 is 4.79 Å². The minimum Gasteiger partial charge on any atom is -0.392 e. The van der Waals surface area contributed by atoms with Gasteiger partial charge in [0.15, 0.2) is 0 Å². The average molecular weight is 256 g/mol. The highest BCUT2D eigenvalue weighted by atomic mass is 32.1. The van der Waals surface area contributed by atoms with Gasteiger partial charge in [-0.05, 0) is 32.1 Å². The molecule has 1 aliphatic heterocycles. The Morgan fingerprint density at radius 2 is 1.88 bits per heavy atom. The molecular weight excluding hydrogens is 232 g/mol. The van der Waals surface area contributed by atoms with Crippen LogP contribution in [0, 0.1) is 10.8 Å². The minimum absolute atomic E-state index is 0.0724. The van der Waals surface area contributed by atoms with Crippen LogP contribution in [0.1, 0.15) is 47.0 Å². The van der Waals surface area contributed by atoms with Crippen molar-refractivity contribution in [3.63, 3.8) is 0 Å². The van der Waals surface area contributed by atoms with E-state index < -0.39 is 5.41 Å². The van der Waals surface area contributed by atoms with Gasteiger partial charge in [-0.15, -0.1) is 0 Å². The summed E-state index contributed by atoms with van der Waals surface area (Å²) < 4.78 is 0. The van der Waals surface area contributed by atoms with Crippen molar-refractivity contribution in [2.75, 3.05) is 13.1 Å². The van der Waals surface area contributed by atoms with E-state index in [9.17, 15) is 4.79 Å². The second kappa shape index (κ2) is 4.92. The van der Waals surface area contributed by atoms with E-state index in [1.54, 1.807) is 0 Å². The lowest BCUT2D eigenvalue weighted by Crippen LogP contribution is -2.50. The van der Waals surface area contributed by atoms with E-state index in [1.165, 1.54) is 6.42 Å². The maximum atomic E-state index is 12.3. The lowest BCUT2D eigenvalue weighted by Gasteiger charge is -2.41. The molecule has 0 bridgehead atoms. The van der Waals surface area contributed by atoms with Gasteiger partial charge in [-0.25, -0.2) is 0 Å². The Balaban J connectivity index is 2.67. The molecule has 0 saturated carbocycles. The van der Waals surface area contributed by atoms with E-state index in [4.69, 9.17) is 18.0 Å². The first-order valence-corrected chi connectivity index (χ1v) is 6.73. The highest BCUT2D eigenvalue weighted by molar-refractivity contribution is 7.80. The standard InChI is InChI=1S/C13H24N2OS/c1-5-13(4)6-8-15(9-7-13)11(16)12(2,3)10(14)17/h5-9H2,1-4H3,(H2,14,17). The van der Waals surface area contributed by atoms with Crippen LogP contribution in [-0.4, -0.2) is 28.9 Å². The molecule has 98 valence electrons. The van der Waals surface area contributed by atoms with Gasteiger partial charge in [0.2, 0.25) is 5.91 Å². The summed E-state index contributed by atoms with van der Waals surface area (Å²) in [6.45, 7) is 9.80. The van der Waals surface area contributed by atoms with E-state index >= 15 is 0 Å². The van der Waals surface area contributed by atoms with E-state index in [1.807, 2.05) is 18.7 Å². The van der Waals surface area contributed by atoms with Gasteiger partial charge in [0.25, 0.3) is 0 Å². The van der Waals surface area contributed by atoms with Crippen LogP contribution < -0.4 is 5.73 Å². The van der Waals surface area contributed by atoms with Crippen LogP contribution in [0.25, 0.3) is 0 Å². The van der Waals surface area contributed by atoms with E-state index in [-0.39, 0.29) is 10.9 Å². The molecule has 0 aromatic rings. The third kappa shape index (κ3) is 2.97. The SMILES string of the molecule is CCC1(C)CCN(C(=O)C(C)(C)C(N)=S)CC1. The molecule has 0 atom stereocenters. The topological polar surface area (TPSA) is 46.3 Å². The zero-order valence-electron chi connectivity index (χ0n) is 11.4. The number of piperidine rings is 1. The van der Waals surface area contributed by atoms with Gasteiger partial charge in [0.05, 0.1) is 10.4 Å². The molecular formula is C13H24N2OS. The predicted octanol–water partition coefficient (Wildman–Crippen LogP) is 2.34. The molecule has 1 rings (SSSR count). The Morgan fingerprint density at radius 3 is 2.24 bits per heavy atom. The number of likely N-dealkylation sites (tertiary alicyclic amines) is 1. The Hall–Kier alpha value is -0.640. The molecule has 0 spiro atoms. The smallest absolute Gasteiger partial charge is 0.235 e. The third-order valence-electron chi connectivity index (χ3n) is 4.26. The largest absolute Gasteiger partial charge is 0.392 e. The number of thiocarbonyl (C=S) groups is 1. The fourth-order valence-corrected chi connectivity index (χ4v) is 2.19. The number of hydrogen-bond acceptors (Lipinski definition) is 2. The van der Waals surface area contributed by atoms with Crippen LogP contribution in [0.3, 0.4) is 0 Å². The minimum atomic E-state index is -0.713. The van der Waals surface area contributed by atoms with Gasteiger partial charge in [0, 0.05) is 13.1 Å². The van der Waals surface area contributed by atoms with E-state index in [0.717, 1.165) is 25.9 Å². The molecule has 0 radical (unpaired) electrons. The second-order valence-electron chi connectivity index (χ2n) is 5.95. The first kappa shape index (κ1) is 14.4. The number of carbonyl (C=O) groups excluding carboxylic acids is 1. The normalized spacial score (nSPS) is 20.1. The molecule has 2 N–H and O–H groups in total. The molecule has 17 heavy (non-hydrogen) atoms. The summed E-state index contributed by atoms with van der Waals surface area (Å²) in [4.78, 5) is 14.5. The van der Waals surface area contributed by atoms with E-state index in [0.29, 0.717) is 5.41 Å². The molecule has 0 aromatic heterocycles. The van der Waals surface area contributed by atoms with Crippen LogP contribution >= 0.6 is 12.2 Å². The lowest BCUT2D eigenvalue weighted by atomic mass is 9.77. The predicted molar refractivity (Wildman–Crippen MR) is 74.8 cm³/mol. The quantitative estimate of drug-likeness (QED) is 0.788. The Labute approximate surface area is 110 Å². The second-order valence-corrected chi connectivity index (χ2v) is 6.39. The van der Waals surface area contributed by atoms with Crippen molar-refractivity contribution >= 4 is 23.1 Å². The molecule has 1 fully saturated rings. The first-order chi connectivity index (χ1) is 7.73. The molecule has 1 amide bonds. The molecule has 0 aromatic carbocycles. The highest BCUT2D eigenvalue weighted by Crippen LogP contribution is 2.35. The Morgan fingerprint density at radius 1 is 1.41 bits per heavy atom. The Kier molecular flexibility index (Phi) is 4.18. The van der Waals surface area contributed by atoms with Gasteiger partial charge in [-0.3, -0.25) is 4.79 Å². The number of carbonyl (C=O) groups is 1. The van der Waals surface area contributed by atoms with Gasteiger partial charge in [-0.2, -0.15) is 0 Å². The van der Waals surface area contributed by atoms with Crippen molar-refractivity contribution in [3.05, 3.63) is 0 Å². The summed E-state index contributed by atoms with van der Waals surface area (Å²) >= 11 is 4.98. The van der Waals surface area contributed by atoms with Crippen LogP contribution in [0.2, 0.25) is 0 Å². The maximum absolute atomic E-state index is 12.3. The first-order valence-electron chi connectivity index (χ1n) is 6.32. The summed E-state index contributed by atoms with van der Waals surface area (Å²) in [5.74, 6) is 0.0724. The molecule has 4 heteroatoms. The average Bonchev–Trinajstić information content (AvgIpc) is 2.29. The fourth-order valence-electron chi connectivity index (χ4n) is 2.10. The van der Waals surface area contributed by atoms with Crippen molar-refractivity contribution in [1.82, 2.24) is 4.90 Å². The van der Waals surface area contributed by atoms with Crippen molar-refractivity contribution in [3.8, 4) is 0 Å². The number of amides is 1. The molecule has 0 unspecified atom stereocenters. The van der Waals surface area contributed by atoms with Crippen LogP contribution in [0.4, 0.5) is 0 Å². The van der Waals surface area contributed by atoms with Crippen molar-refractivity contribution in [1.29, 1.82) is 0 Å². The molecule has 1 heterocycles. The van der Waals surface area contributed by atoms with Gasteiger partial charge < -0.3 is 10.6 Å².